The summed E-state index contributed by atoms with van der Waals surface area (Å²) in [6.07, 6.45) is 6.83. The van der Waals surface area contributed by atoms with E-state index in [1.165, 1.54) is 32.1 Å². The minimum Gasteiger partial charge on any atom is -0.0654 e. The van der Waals surface area contributed by atoms with Crippen LogP contribution in [-0.2, 0) is 0 Å². The minimum atomic E-state index is 0.596. The third-order valence-corrected chi connectivity index (χ3v) is 4.73. The lowest BCUT2D eigenvalue weighted by Crippen LogP contribution is -2.33. The summed E-state index contributed by atoms with van der Waals surface area (Å²) in [4.78, 5) is 0. The molecule has 0 aliphatic carbocycles. The molecule has 0 saturated heterocycles. The summed E-state index contributed by atoms with van der Waals surface area (Å²) in [5.41, 5.74) is 0.596. The van der Waals surface area contributed by atoms with Gasteiger partial charge in [-0.25, -0.2) is 0 Å². The fraction of sp³-hybridized carbons (Fsp3) is 1.00. The second-order valence-corrected chi connectivity index (χ2v) is 6.24. The highest BCUT2D eigenvalue weighted by molar-refractivity contribution is 4.86. The first-order valence-corrected chi connectivity index (χ1v) is 7.43. The summed E-state index contributed by atoms with van der Waals surface area (Å²) >= 11 is 0. The zero-order chi connectivity index (χ0) is 12.8. The van der Waals surface area contributed by atoms with Crippen molar-refractivity contribution in [1.29, 1.82) is 0 Å². The molecular formula is C16H34. The Bertz CT molecular complexity index is 171. The van der Waals surface area contributed by atoms with E-state index in [1.807, 2.05) is 0 Å². The van der Waals surface area contributed by atoms with Gasteiger partial charge in [0, 0.05) is 0 Å². The molecular weight excluding hydrogens is 192 g/mol. The van der Waals surface area contributed by atoms with Gasteiger partial charge in [0.05, 0.1) is 0 Å². The normalized spacial score (nSPS) is 19.5. The molecule has 0 bridgehead atoms. The summed E-state index contributed by atoms with van der Waals surface area (Å²) in [5, 5.41) is 0. The van der Waals surface area contributed by atoms with Gasteiger partial charge in [0.1, 0.15) is 0 Å². The second kappa shape index (κ2) is 7.35. The molecule has 0 radical (unpaired) electrons. The van der Waals surface area contributed by atoms with E-state index in [0.717, 1.165) is 17.8 Å². The fourth-order valence-corrected chi connectivity index (χ4v) is 3.43. The van der Waals surface area contributed by atoms with Crippen molar-refractivity contribution in [2.45, 2.75) is 80.6 Å². The Morgan fingerprint density at radius 1 is 0.938 bits per heavy atom. The van der Waals surface area contributed by atoms with Crippen LogP contribution in [0.2, 0.25) is 0 Å². The Labute approximate surface area is 104 Å². The molecule has 0 amide bonds. The molecule has 0 nitrogen and oxygen atoms in total. The smallest absolute Gasteiger partial charge is 0.0270 e. The molecule has 3 unspecified atom stereocenters. The van der Waals surface area contributed by atoms with E-state index < -0.39 is 0 Å². The maximum Gasteiger partial charge on any atom is -0.0270 e. The number of rotatable bonds is 8. The van der Waals surface area contributed by atoms with Gasteiger partial charge >= 0.3 is 0 Å². The standard InChI is InChI=1S/C16H34/c1-8-11-16(10-3,12-13(4)5)15(7)14(6)9-2/h13-15H,8-12H2,1-7H3. The molecule has 0 aliphatic rings. The van der Waals surface area contributed by atoms with Gasteiger partial charge in [-0.1, -0.05) is 67.7 Å². The Kier molecular flexibility index (Phi) is 7.35. The van der Waals surface area contributed by atoms with Crippen molar-refractivity contribution >= 4 is 0 Å². The van der Waals surface area contributed by atoms with Gasteiger partial charge in [0.15, 0.2) is 0 Å². The Morgan fingerprint density at radius 3 is 1.81 bits per heavy atom. The molecule has 0 aromatic heterocycles. The first kappa shape index (κ1) is 16.0. The van der Waals surface area contributed by atoms with Crippen LogP contribution < -0.4 is 0 Å². The molecule has 98 valence electrons. The zero-order valence-corrected chi connectivity index (χ0v) is 12.8. The van der Waals surface area contributed by atoms with Gasteiger partial charge < -0.3 is 0 Å². The van der Waals surface area contributed by atoms with Crippen LogP contribution in [0.5, 0.6) is 0 Å². The molecule has 0 heterocycles. The van der Waals surface area contributed by atoms with Crippen LogP contribution in [0.4, 0.5) is 0 Å². The van der Waals surface area contributed by atoms with Crippen LogP contribution in [0.1, 0.15) is 80.6 Å². The zero-order valence-electron chi connectivity index (χ0n) is 12.8. The Balaban J connectivity index is 4.85. The van der Waals surface area contributed by atoms with E-state index in [4.69, 9.17) is 0 Å². The molecule has 0 heteroatoms. The molecule has 0 spiro atoms. The highest BCUT2D eigenvalue weighted by Gasteiger charge is 2.36. The van der Waals surface area contributed by atoms with Crippen LogP contribution in [-0.4, -0.2) is 0 Å². The summed E-state index contributed by atoms with van der Waals surface area (Å²) in [6, 6.07) is 0. The summed E-state index contributed by atoms with van der Waals surface area (Å²) in [5.74, 6) is 2.56. The van der Waals surface area contributed by atoms with Crippen molar-refractivity contribution in [2.75, 3.05) is 0 Å². The first-order chi connectivity index (χ1) is 7.43. The van der Waals surface area contributed by atoms with Crippen molar-refractivity contribution in [3.8, 4) is 0 Å². The average Bonchev–Trinajstić information content (AvgIpc) is 2.25. The summed E-state index contributed by atoms with van der Waals surface area (Å²) in [7, 11) is 0. The molecule has 0 fully saturated rings. The predicted octanol–water partition coefficient (Wildman–Crippen LogP) is 5.91. The van der Waals surface area contributed by atoms with Crippen molar-refractivity contribution < 1.29 is 0 Å². The lowest BCUT2D eigenvalue weighted by molar-refractivity contribution is 0.0721. The molecule has 0 rings (SSSR count). The van der Waals surface area contributed by atoms with E-state index in [-0.39, 0.29) is 0 Å². The molecule has 0 aliphatic heterocycles. The molecule has 16 heavy (non-hydrogen) atoms. The van der Waals surface area contributed by atoms with Crippen LogP contribution in [0.3, 0.4) is 0 Å². The maximum absolute atomic E-state index is 2.50. The van der Waals surface area contributed by atoms with Gasteiger partial charge in [-0.3, -0.25) is 0 Å². The Morgan fingerprint density at radius 2 is 1.50 bits per heavy atom. The second-order valence-electron chi connectivity index (χ2n) is 6.24. The lowest BCUT2D eigenvalue weighted by Gasteiger charge is -2.43. The lowest BCUT2D eigenvalue weighted by atomic mass is 9.62. The van der Waals surface area contributed by atoms with Gasteiger partial charge in [0.25, 0.3) is 0 Å². The maximum atomic E-state index is 2.50. The van der Waals surface area contributed by atoms with Crippen LogP contribution in [0, 0.1) is 23.2 Å². The third-order valence-electron chi connectivity index (χ3n) is 4.73. The molecule has 3 atom stereocenters. The van der Waals surface area contributed by atoms with Crippen molar-refractivity contribution in [1.82, 2.24) is 0 Å². The van der Waals surface area contributed by atoms with Crippen molar-refractivity contribution in [2.24, 2.45) is 23.2 Å². The molecule has 0 saturated carbocycles. The van der Waals surface area contributed by atoms with Crippen molar-refractivity contribution in [3.05, 3.63) is 0 Å². The van der Waals surface area contributed by atoms with E-state index >= 15 is 0 Å². The van der Waals surface area contributed by atoms with E-state index in [9.17, 15) is 0 Å². The third kappa shape index (κ3) is 4.11. The molecule has 0 aromatic rings. The van der Waals surface area contributed by atoms with E-state index in [1.54, 1.807) is 0 Å². The highest BCUT2D eigenvalue weighted by atomic mass is 14.4. The van der Waals surface area contributed by atoms with Gasteiger partial charge in [-0.05, 0) is 36.0 Å². The average molecular weight is 226 g/mol. The van der Waals surface area contributed by atoms with Crippen LogP contribution >= 0.6 is 0 Å². The van der Waals surface area contributed by atoms with E-state index in [2.05, 4.69) is 48.5 Å². The monoisotopic (exact) mass is 226 g/mol. The summed E-state index contributed by atoms with van der Waals surface area (Å²) in [6.45, 7) is 16.8. The van der Waals surface area contributed by atoms with E-state index in [0.29, 0.717) is 5.41 Å². The highest BCUT2D eigenvalue weighted by Crippen LogP contribution is 2.46. The van der Waals surface area contributed by atoms with Gasteiger partial charge in [-0.2, -0.15) is 0 Å². The topological polar surface area (TPSA) is 0 Å². The van der Waals surface area contributed by atoms with Gasteiger partial charge in [-0.15, -0.1) is 0 Å². The minimum absolute atomic E-state index is 0.596. The number of hydrogen-bond acceptors (Lipinski definition) is 0. The predicted molar refractivity (Wildman–Crippen MR) is 75.7 cm³/mol. The SMILES string of the molecule is CCCC(CC)(CC(C)C)C(C)C(C)CC. The fourth-order valence-electron chi connectivity index (χ4n) is 3.43. The van der Waals surface area contributed by atoms with Crippen LogP contribution in [0.15, 0.2) is 0 Å². The first-order valence-electron chi connectivity index (χ1n) is 7.43. The Hall–Kier alpha value is 0. The quantitative estimate of drug-likeness (QED) is 0.482. The van der Waals surface area contributed by atoms with Gasteiger partial charge in [0.2, 0.25) is 0 Å². The van der Waals surface area contributed by atoms with Crippen LogP contribution in [0.25, 0.3) is 0 Å². The van der Waals surface area contributed by atoms with Crippen molar-refractivity contribution in [3.63, 3.8) is 0 Å². The number of hydrogen-bond donors (Lipinski definition) is 0. The largest absolute Gasteiger partial charge is 0.0654 e. The summed E-state index contributed by atoms with van der Waals surface area (Å²) < 4.78 is 0. The molecule has 0 aromatic carbocycles. The molecule has 0 N–H and O–H groups in total.